The van der Waals surface area contributed by atoms with Crippen molar-refractivity contribution in [2.45, 2.75) is 20.3 Å². The molecule has 148 valence electrons. The molecule has 7 heteroatoms. The van der Waals surface area contributed by atoms with Crippen molar-refractivity contribution in [2.24, 2.45) is 5.92 Å². The van der Waals surface area contributed by atoms with Crippen LogP contribution in [0.1, 0.15) is 20.3 Å². The Balaban J connectivity index is 1.65. The van der Waals surface area contributed by atoms with E-state index in [1.807, 2.05) is 24.3 Å². The Bertz CT molecular complexity index is 866. The maximum absolute atomic E-state index is 13.4. The minimum Gasteiger partial charge on any atom is -0.372 e. The molecule has 1 aliphatic heterocycles. The average Bonchev–Trinajstić information content (AvgIpc) is 3.08. The van der Waals surface area contributed by atoms with E-state index in [1.165, 1.54) is 11.0 Å². The molecule has 2 aromatic rings. The van der Waals surface area contributed by atoms with Crippen LogP contribution in [0.15, 0.2) is 42.5 Å². The fraction of sp³-hybridized carbons (Fsp3) is 0.333. The van der Waals surface area contributed by atoms with Crippen molar-refractivity contribution >= 4 is 28.9 Å². The predicted molar refractivity (Wildman–Crippen MR) is 105 cm³/mol. The summed E-state index contributed by atoms with van der Waals surface area (Å²) in [4.78, 5) is 28.3. The van der Waals surface area contributed by atoms with E-state index < -0.39 is 17.6 Å². The standard InChI is InChI=1S/C21H23F2N3O2/c1-3-25(4-2)16-7-5-15(6-8-16)24-21(28)14-11-20(27)26(13-14)17-9-10-18(22)19(23)12-17/h5-10,12,14H,3-4,11,13H2,1-2H3,(H,24,28). The predicted octanol–water partition coefficient (Wildman–Crippen LogP) is 3.80. The van der Waals surface area contributed by atoms with Gasteiger partial charge in [0, 0.05) is 49.2 Å². The first-order chi connectivity index (χ1) is 13.4. The van der Waals surface area contributed by atoms with Gasteiger partial charge in [-0.15, -0.1) is 0 Å². The molecule has 3 rings (SSSR count). The summed E-state index contributed by atoms with van der Waals surface area (Å²) in [5.41, 5.74) is 1.98. The van der Waals surface area contributed by atoms with Crippen LogP contribution in [0.4, 0.5) is 25.8 Å². The second-order valence-electron chi connectivity index (χ2n) is 6.71. The molecule has 2 amide bonds. The van der Waals surface area contributed by atoms with E-state index in [0.717, 1.165) is 30.9 Å². The fourth-order valence-corrected chi connectivity index (χ4v) is 3.37. The Morgan fingerprint density at radius 1 is 1.11 bits per heavy atom. The van der Waals surface area contributed by atoms with Gasteiger partial charge in [-0.05, 0) is 50.2 Å². The van der Waals surface area contributed by atoms with E-state index in [-0.39, 0.29) is 30.5 Å². The highest BCUT2D eigenvalue weighted by molar-refractivity contribution is 6.03. The molecule has 1 N–H and O–H groups in total. The molecule has 1 saturated heterocycles. The number of halogens is 2. The first kappa shape index (κ1) is 19.8. The van der Waals surface area contributed by atoms with Crippen LogP contribution in [0.25, 0.3) is 0 Å². The minimum absolute atomic E-state index is 0.0301. The van der Waals surface area contributed by atoms with Gasteiger partial charge in [-0.25, -0.2) is 8.78 Å². The normalized spacial score (nSPS) is 16.4. The number of nitrogens with one attached hydrogen (secondary N) is 1. The Kier molecular flexibility index (Phi) is 5.92. The zero-order valence-corrected chi connectivity index (χ0v) is 15.9. The van der Waals surface area contributed by atoms with Crippen molar-refractivity contribution in [2.75, 3.05) is 34.8 Å². The van der Waals surface area contributed by atoms with Crippen LogP contribution in [0.3, 0.4) is 0 Å². The molecule has 28 heavy (non-hydrogen) atoms. The van der Waals surface area contributed by atoms with Gasteiger partial charge in [0.15, 0.2) is 11.6 Å². The van der Waals surface area contributed by atoms with E-state index in [4.69, 9.17) is 0 Å². The SMILES string of the molecule is CCN(CC)c1ccc(NC(=O)C2CC(=O)N(c3ccc(F)c(F)c3)C2)cc1. The van der Waals surface area contributed by atoms with Crippen LogP contribution in [0, 0.1) is 17.6 Å². The molecule has 2 aromatic carbocycles. The zero-order valence-electron chi connectivity index (χ0n) is 15.9. The van der Waals surface area contributed by atoms with Gasteiger partial charge in [-0.3, -0.25) is 9.59 Å². The first-order valence-corrected chi connectivity index (χ1v) is 9.34. The quantitative estimate of drug-likeness (QED) is 0.820. The molecule has 0 spiro atoms. The summed E-state index contributed by atoms with van der Waals surface area (Å²) in [5.74, 6) is -3.11. The first-order valence-electron chi connectivity index (χ1n) is 9.34. The van der Waals surface area contributed by atoms with Crippen molar-refractivity contribution in [3.8, 4) is 0 Å². The van der Waals surface area contributed by atoms with Crippen molar-refractivity contribution in [1.29, 1.82) is 0 Å². The Labute approximate surface area is 162 Å². The van der Waals surface area contributed by atoms with Crippen molar-refractivity contribution in [1.82, 2.24) is 0 Å². The summed E-state index contributed by atoms with van der Waals surface area (Å²) < 4.78 is 26.6. The van der Waals surface area contributed by atoms with E-state index in [9.17, 15) is 18.4 Å². The van der Waals surface area contributed by atoms with E-state index in [1.54, 1.807) is 0 Å². The maximum atomic E-state index is 13.4. The molecule has 1 atom stereocenters. The minimum atomic E-state index is -1.02. The third kappa shape index (κ3) is 4.13. The molecule has 0 aromatic heterocycles. The molecule has 1 unspecified atom stereocenters. The number of hydrogen-bond acceptors (Lipinski definition) is 3. The van der Waals surface area contributed by atoms with Gasteiger partial charge in [-0.2, -0.15) is 0 Å². The summed E-state index contributed by atoms with van der Waals surface area (Å²) in [6.07, 6.45) is 0.0301. The van der Waals surface area contributed by atoms with Crippen LogP contribution >= 0.6 is 0 Å². The lowest BCUT2D eigenvalue weighted by Crippen LogP contribution is -2.28. The summed E-state index contributed by atoms with van der Waals surface area (Å²) in [5, 5.41) is 2.83. The summed E-state index contributed by atoms with van der Waals surface area (Å²) >= 11 is 0. The number of nitrogens with zero attached hydrogens (tertiary/aromatic N) is 2. The lowest BCUT2D eigenvalue weighted by molar-refractivity contribution is -0.122. The van der Waals surface area contributed by atoms with Crippen LogP contribution in [-0.2, 0) is 9.59 Å². The van der Waals surface area contributed by atoms with Crippen LogP contribution in [0.2, 0.25) is 0 Å². The number of anilines is 3. The highest BCUT2D eigenvalue weighted by atomic mass is 19.2. The molecule has 5 nitrogen and oxygen atoms in total. The third-order valence-electron chi connectivity index (χ3n) is 4.97. The van der Waals surface area contributed by atoms with Gasteiger partial charge in [-0.1, -0.05) is 0 Å². The van der Waals surface area contributed by atoms with Crippen LogP contribution in [0.5, 0.6) is 0 Å². The molecular weight excluding hydrogens is 364 g/mol. The number of carbonyl (C=O) groups is 2. The molecule has 0 radical (unpaired) electrons. The molecule has 1 heterocycles. The molecule has 0 saturated carbocycles. The molecule has 1 fully saturated rings. The monoisotopic (exact) mass is 387 g/mol. The van der Waals surface area contributed by atoms with Gasteiger partial charge in [0.05, 0.1) is 5.92 Å². The highest BCUT2D eigenvalue weighted by Crippen LogP contribution is 2.27. The average molecular weight is 387 g/mol. The second-order valence-corrected chi connectivity index (χ2v) is 6.71. The summed E-state index contributed by atoms with van der Waals surface area (Å²) in [6, 6.07) is 10.8. The van der Waals surface area contributed by atoms with Gasteiger partial charge >= 0.3 is 0 Å². The molecule has 0 aliphatic carbocycles. The van der Waals surface area contributed by atoms with Crippen molar-refractivity contribution in [3.05, 3.63) is 54.1 Å². The topological polar surface area (TPSA) is 52.7 Å². The molecule has 1 aliphatic rings. The Morgan fingerprint density at radius 2 is 1.79 bits per heavy atom. The largest absolute Gasteiger partial charge is 0.372 e. The van der Waals surface area contributed by atoms with Gasteiger partial charge in [0.1, 0.15) is 0 Å². The summed E-state index contributed by atoms with van der Waals surface area (Å²) in [6.45, 7) is 6.08. The van der Waals surface area contributed by atoms with Crippen molar-refractivity contribution in [3.63, 3.8) is 0 Å². The Morgan fingerprint density at radius 3 is 2.39 bits per heavy atom. The van der Waals surface area contributed by atoms with Crippen LogP contribution < -0.4 is 15.1 Å². The number of hydrogen-bond donors (Lipinski definition) is 1. The van der Waals surface area contributed by atoms with E-state index in [0.29, 0.717) is 5.69 Å². The number of benzene rings is 2. The molecular formula is C21H23F2N3O2. The lowest BCUT2D eigenvalue weighted by Gasteiger charge is -2.21. The van der Waals surface area contributed by atoms with E-state index in [2.05, 4.69) is 24.1 Å². The van der Waals surface area contributed by atoms with Gasteiger partial charge in [0.2, 0.25) is 11.8 Å². The van der Waals surface area contributed by atoms with E-state index >= 15 is 0 Å². The highest BCUT2D eigenvalue weighted by Gasteiger charge is 2.35. The maximum Gasteiger partial charge on any atom is 0.229 e. The van der Waals surface area contributed by atoms with Gasteiger partial charge < -0.3 is 15.1 Å². The smallest absolute Gasteiger partial charge is 0.229 e. The van der Waals surface area contributed by atoms with Crippen LogP contribution in [-0.4, -0.2) is 31.4 Å². The zero-order chi connectivity index (χ0) is 20.3. The summed E-state index contributed by atoms with van der Waals surface area (Å²) in [7, 11) is 0. The fourth-order valence-electron chi connectivity index (χ4n) is 3.37. The lowest BCUT2D eigenvalue weighted by atomic mass is 10.1. The number of carbonyl (C=O) groups excluding carboxylic acids is 2. The Hall–Kier alpha value is -2.96. The number of amides is 2. The second kappa shape index (κ2) is 8.37. The van der Waals surface area contributed by atoms with Gasteiger partial charge in [0.25, 0.3) is 0 Å². The number of rotatable bonds is 6. The molecule has 0 bridgehead atoms. The third-order valence-corrected chi connectivity index (χ3v) is 4.97. The van der Waals surface area contributed by atoms with Crippen molar-refractivity contribution < 1.29 is 18.4 Å².